The third-order valence-electron chi connectivity index (χ3n) is 2.57. The van der Waals surface area contributed by atoms with Gasteiger partial charge in [-0.3, -0.25) is 0 Å². The standard InChI is InChI=1S/C12H10N4O/c13-12-14-11-9(5-3-7-16(11)15-12)8-4-1-2-6-10(8)17/h1-7,17H,(H2,13,15). The lowest BCUT2D eigenvalue weighted by atomic mass is 10.1. The SMILES string of the molecule is Nc1nc2c(-c3ccccc3O)cccn2n1. The molecule has 84 valence electrons. The van der Waals surface area contributed by atoms with Gasteiger partial charge in [-0.25, -0.2) is 4.52 Å². The second-order valence-electron chi connectivity index (χ2n) is 3.68. The van der Waals surface area contributed by atoms with Gasteiger partial charge in [-0.2, -0.15) is 4.98 Å². The van der Waals surface area contributed by atoms with Crippen LogP contribution in [0.2, 0.25) is 0 Å². The number of phenolic OH excluding ortho intramolecular Hbond substituents is 1. The molecule has 3 aromatic rings. The summed E-state index contributed by atoms with van der Waals surface area (Å²) in [7, 11) is 0. The van der Waals surface area contributed by atoms with Gasteiger partial charge in [0.05, 0.1) is 0 Å². The molecule has 0 atom stereocenters. The number of rotatable bonds is 1. The molecular formula is C12H10N4O. The van der Waals surface area contributed by atoms with Crippen molar-refractivity contribution in [3.05, 3.63) is 42.6 Å². The Balaban J connectivity index is 2.34. The van der Waals surface area contributed by atoms with Gasteiger partial charge in [-0.15, -0.1) is 5.10 Å². The molecule has 0 saturated carbocycles. The van der Waals surface area contributed by atoms with Crippen LogP contribution >= 0.6 is 0 Å². The molecule has 0 unspecified atom stereocenters. The molecule has 1 aromatic carbocycles. The summed E-state index contributed by atoms with van der Waals surface area (Å²) in [4.78, 5) is 4.15. The summed E-state index contributed by atoms with van der Waals surface area (Å²) in [5.74, 6) is 0.426. The highest BCUT2D eigenvalue weighted by atomic mass is 16.3. The highest BCUT2D eigenvalue weighted by molar-refractivity contribution is 5.81. The first-order valence-corrected chi connectivity index (χ1v) is 5.15. The number of aromatic hydroxyl groups is 1. The predicted octanol–water partition coefficient (Wildman–Crippen LogP) is 1.68. The molecule has 0 aliphatic rings. The first kappa shape index (κ1) is 9.65. The summed E-state index contributed by atoms with van der Waals surface area (Å²) in [6.07, 6.45) is 1.77. The van der Waals surface area contributed by atoms with E-state index in [1.165, 1.54) is 0 Å². The number of benzene rings is 1. The summed E-state index contributed by atoms with van der Waals surface area (Å²) < 4.78 is 1.59. The van der Waals surface area contributed by atoms with E-state index >= 15 is 0 Å². The summed E-state index contributed by atoms with van der Waals surface area (Å²) in [6, 6.07) is 10.8. The van der Waals surface area contributed by atoms with Crippen molar-refractivity contribution in [3.63, 3.8) is 0 Å². The Morgan fingerprint density at radius 1 is 1.06 bits per heavy atom. The van der Waals surface area contributed by atoms with Crippen LogP contribution in [0.5, 0.6) is 5.75 Å². The van der Waals surface area contributed by atoms with Crippen LogP contribution in [0.4, 0.5) is 5.95 Å². The van der Waals surface area contributed by atoms with Crippen molar-refractivity contribution in [1.29, 1.82) is 0 Å². The molecule has 5 heteroatoms. The van der Waals surface area contributed by atoms with Gasteiger partial charge in [0.15, 0.2) is 5.65 Å². The summed E-state index contributed by atoms with van der Waals surface area (Å²) >= 11 is 0. The Bertz CT molecular complexity index is 690. The number of nitrogens with zero attached hydrogens (tertiary/aromatic N) is 3. The zero-order valence-corrected chi connectivity index (χ0v) is 8.91. The number of nitrogens with two attached hydrogens (primary N) is 1. The second-order valence-corrected chi connectivity index (χ2v) is 3.68. The van der Waals surface area contributed by atoms with Crippen LogP contribution in [0.25, 0.3) is 16.8 Å². The van der Waals surface area contributed by atoms with Crippen molar-refractivity contribution in [3.8, 4) is 16.9 Å². The van der Waals surface area contributed by atoms with Crippen molar-refractivity contribution in [2.24, 2.45) is 0 Å². The van der Waals surface area contributed by atoms with E-state index in [0.29, 0.717) is 11.2 Å². The van der Waals surface area contributed by atoms with Gasteiger partial charge in [-0.05, 0) is 18.2 Å². The van der Waals surface area contributed by atoms with Crippen molar-refractivity contribution >= 4 is 11.6 Å². The maximum absolute atomic E-state index is 9.84. The van der Waals surface area contributed by atoms with Gasteiger partial charge < -0.3 is 10.8 Å². The Kier molecular flexibility index (Phi) is 1.98. The van der Waals surface area contributed by atoms with Gasteiger partial charge in [0.25, 0.3) is 0 Å². The lowest BCUT2D eigenvalue weighted by Gasteiger charge is -2.04. The van der Waals surface area contributed by atoms with Crippen LogP contribution in [-0.2, 0) is 0 Å². The fourth-order valence-corrected chi connectivity index (χ4v) is 1.83. The Morgan fingerprint density at radius 2 is 1.82 bits per heavy atom. The number of phenols is 1. The lowest BCUT2D eigenvalue weighted by Crippen LogP contribution is -1.90. The quantitative estimate of drug-likeness (QED) is 0.662. The maximum Gasteiger partial charge on any atom is 0.240 e. The van der Waals surface area contributed by atoms with Crippen molar-refractivity contribution in [2.45, 2.75) is 0 Å². The van der Waals surface area contributed by atoms with Crippen LogP contribution in [0.15, 0.2) is 42.6 Å². The molecule has 0 aliphatic carbocycles. The molecule has 3 N–H and O–H groups in total. The molecule has 0 radical (unpaired) electrons. The number of para-hydroxylation sites is 1. The first-order chi connectivity index (χ1) is 8.25. The third kappa shape index (κ3) is 1.48. The highest BCUT2D eigenvalue weighted by Gasteiger charge is 2.10. The minimum Gasteiger partial charge on any atom is -0.507 e. The third-order valence-corrected chi connectivity index (χ3v) is 2.57. The smallest absolute Gasteiger partial charge is 0.240 e. The van der Waals surface area contributed by atoms with E-state index in [1.807, 2.05) is 24.3 Å². The lowest BCUT2D eigenvalue weighted by molar-refractivity contribution is 0.477. The Hall–Kier alpha value is -2.56. The molecule has 2 heterocycles. The summed E-state index contributed by atoms with van der Waals surface area (Å²) in [6.45, 7) is 0. The summed E-state index contributed by atoms with van der Waals surface area (Å²) in [5, 5.41) is 13.9. The van der Waals surface area contributed by atoms with Crippen LogP contribution in [0.3, 0.4) is 0 Å². The summed E-state index contributed by atoms with van der Waals surface area (Å²) in [5.41, 5.74) is 7.72. The van der Waals surface area contributed by atoms with Crippen LogP contribution in [0.1, 0.15) is 0 Å². The minimum atomic E-state index is 0.210. The monoisotopic (exact) mass is 226 g/mol. The van der Waals surface area contributed by atoms with E-state index < -0.39 is 0 Å². The van der Waals surface area contributed by atoms with Crippen molar-refractivity contribution < 1.29 is 5.11 Å². The molecule has 0 spiro atoms. The molecule has 0 amide bonds. The van der Waals surface area contributed by atoms with E-state index in [1.54, 1.807) is 22.8 Å². The van der Waals surface area contributed by atoms with E-state index in [-0.39, 0.29) is 11.7 Å². The van der Waals surface area contributed by atoms with Gasteiger partial charge in [0, 0.05) is 17.3 Å². The average Bonchev–Trinajstić information content (AvgIpc) is 2.70. The number of nitrogen functional groups attached to an aromatic ring is 1. The van der Waals surface area contributed by atoms with Crippen molar-refractivity contribution in [1.82, 2.24) is 14.6 Å². The van der Waals surface area contributed by atoms with E-state index in [4.69, 9.17) is 5.73 Å². The molecule has 17 heavy (non-hydrogen) atoms. The van der Waals surface area contributed by atoms with Gasteiger partial charge in [-0.1, -0.05) is 18.2 Å². The number of hydrogen-bond acceptors (Lipinski definition) is 4. The number of anilines is 1. The Morgan fingerprint density at radius 3 is 2.65 bits per heavy atom. The minimum absolute atomic E-state index is 0.210. The highest BCUT2D eigenvalue weighted by Crippen LogP contribution is 2.30. The zero-order valence-electron chi connectivity index (χ0n) is 8.91. The molecule has 5 nitrogen and oxygen atoms in total. The zero-order chi connectivity index (χ0) is 11.8. The molecule has 2 aromatic heterocycles. The van der Waals surface area contributed by atoms with Gasteiger partial charge in [0.1, 0.15) is 5.75 Å². The molecule has 0 saturated heterocycles. The molecule has 0 bridgehead atoms. The second kappa shape index (κ2) is 3.48. The molecule has 0 fully saturated rings. The van der Waals surface area contributed by atoms with Gasteiger partial charge >= 0.3 is 0 Å². The first-order valence-electron chi connectivity index (χ1n) is 5.15. The van der Waals surface area contributed by atoms with E-state index in [9.17, 15) is 5.11 Å². The van der Waals surface area contributed by atoms with E-state index in [0.717, 1.165) is 5.56 Å². The number of aromatic nitrogens is 3. The number of fused-ring (bicyclic) bond motifs is 1. The van der Waals surface area contributed by atoms with Crippen molar-refractivity contribution in [2.75, 3.05) is 5.73 Å². The van der Waals surface area contributed by atoms with Crippen LogP contribution < -0.4 is 5.73 Å². The molecule has 3 rings (SSSR count). The van der Waals surface area contributed by atoms with Crippen LogP contribution in [-0.4, -0.2) is 19.7 Å². The van der Waals surface area contributed by atoms with E-state index in [2.05, 4.69) is 10.1 Å². The molecule has 0 aliphatic heterocycles. The topological polar surface area (TPSA) is 76.4 Å². The largest absolute Gasteiger partial charge is 0.507 e. The number of pyridine rings is 1. The van der Waals surface area contributed by atoms with Crippen LogP contribution in [0, 0.1) is 0 Å². The Labute approximate surface area is 97.1 Å². The normalized spacial score (nSPS) is 10.8. The average molecular weight is 226 g/mol. The fraction of sp³-hybridized carbons (Fsp3) is 0. The number of hydrogen-bond donors (Lipinski definition) is 2. The van der Waals surface area contributed by atoms with Gasteiger partial charge in [0.2, 0.25) is 5.95 Å². The predicted molar refractivity (Wildman–Crippen MR) is 64.5 cm³/mol. The fourth-order valence-electron chi connectivity index (χ4n) is 1.83. The maximum atomic E-state index is 9.84. The molecular weight excluding hydrogens is 216 g/mol.